The number of allylic oxidation sites excluding steroid dienone is 3. The van der Waals surface area contributed by atoms with Gasteiger partial charge in [-0.2, -0.15) is 0 Å². The van der Waals surface area contributed by atoms with Gasteiger partial charge in [-0.05, 0) is 54.9 Å². The third-order valence-electron chi connectivity index (χ3n) is 6.98. The van der Waals surface area contributed by atoms with Crippen molar-refractivity contribution >= 4 is 5.78 Å². The second kappa shape index (κ2) is 5.06. The van der Waals surface area contributed by atoms with Crippen LogP contribution in [0.5, 0.6) is 0 Å². The van der Waals surface area contributed by atoms with Crippen LogP contribution in [0.3, 0.4) is 0 Å². The molecule has 3 rings (SSSR count). The van der Waals surface area contributed by atoms with Gasteiger partial charge in [0.15, 0.2) is 5.78 Å². The molecule has 0 aromatic heterocycles. The second-order valence-electron chi connectivity index (χ2n) is 8.73. The van der Waals surface area contributed by atoms with Crippen molar-refractivity contribution in [2.45, 2.75) is 66.4 Å². The number of carbonyl (C=O) groups is 1. The second-order valence-corrected chi connectivity index (χ2v) is 8.73. The van der Waals surface area contributed by atoms with Gasteiger partial charge in [-0.1, -0.05) is 45.4 Å². The zero-order valence-electron chi connectivity index (χ0n) is 14.6. The third-order valence-corrected chi connectivity index (χ3v) is 6.98. The molecule has 0 radical (unpaired) electrons. The summed E-state index contributed by atoms with van der Waals surface area (Å²) in [5, 5.41) is 10.7. The highest BCUT2D eigenvalue weighted by molar-refractivity contribution is 5.95. The van der Waals surface area contributed by atoms with Crippen molar-refractivity contribution in [3.63, 3.8) is 0 Å². The lowest BCUT2D eigenvalue weighted by Crippen LogP contribution is -2.49. The number of rotatable bonds is 1. The zero-order valence-corrected chi connectivity index (χ0v) is 14.6. The summed E-state index contributed by atoms with van der Waals surface area (Å²) in [7, 11) is 0. The van der Waals surface area contributed by atoms with E-state index in [-0.39, 0.29) is 16.9 Å². The molecule has 0 saturated heterocycles. The fourth-order valence-corrected chi connectivity index (χ4v) is 5.29. The van der Waals surface area contributed by atoms with E-state index in [1.807, 2.05) is 6.92 Å². The lowest BCUT2D eigenvalue weighted by atomic mass is 9.51. The van der Waals surface area contributed by atoms with Crippen LogP contribution in [-0.4, -0.2) is 17.0 Å². The largest absolute Gasteiger partial charge is 0.388 e. The Balaban J connectivity index is 2.06. The molecule has 0 aromatic rings. The number of aliphatic hydroxyl groups is 1. The maximum absolute atomic E-state index is 12.4. The summed E-state index contributed by atoms with van der Waals surface area (Å²) in [6.07, 6.45) is 7.68. The molecule has 4 unspecified atom stereocenters. The minimum Gasteiger partial charge on any atom is -0.388 e. The fourth-order valence-electron chi connectivity index (χ4n) is 5.29. The average molecular weight is 302 g/mol. The van der Waals surface area contributed by atoms with Crippen molar-refractivity contribution < 1.29 is 9.90 Å². The average Bonchev–Trinajstić information content (AvgIpc) is 2.64. The van der Waals surface area contributed by atoms with Crippen molar-refractivity contribution in [1.29, 1.82) is 0 Å². The molecule has 0 amide bonds. The van der Waals surface area contributed by atoms with Gasteiger partial charge in [0.1, 0.15) is 0 Å². The number of carbonyl (C=O) groups excluding carboxylic acids is 1. The highest BCUT2D eigenvalue weighted by Crippen LogP contribution is 2.63. The first-order valence-corrected chi connectivity index (χ1v) is 8.79. The molecule has 3 aliphatic carbocycles. The number of hydrogen-bond donors (Lipinski definition) is 1. The molecule has 1 fully saturated rings. The van der Waals surface area contributed by atoms with Crippen LogP contribution in [0.25, 0.3) is 0 Å². The van der Waals surface area contributed by atoms with Gasteiger partial charge in [0, 0.05) is 11.8 Å². The van der Waals surface area contributed by atoms with Gasteiger partial charge in [-0.15, -0.1) is 0 Å². The summed E-state index contributed by atoms with van der Waals surface area (Å²) in [5.41, 5.74) is 2.39. The first-order chi connectivity index (χ1) is 10.2. The van der Waals surface area contributed by atoms with Crippen molar-refractivity contribution in [3.8, 4) is 0 Å². The molecule has 0 aromatic carbocycles. The molecule has 2 nitrogen and oxygen atoms in total. The lowest BCUT2D eigenvalue weighted by Gasteiger charge is -2.53. The molecular formula is C20H30O2. The molecule has 5 atom stereocenters. The van der Waals surface area contributed by atoms with E-state index in [0.717, 1.165) is 24.8 Å². The summed E-state index contributed by atoms with van der Waals surface area (Å²) >= 11 is 0. The fraction of sp³-hybridized carbons (Fsp3) is 0.750. The van der Waals surface area contributed by atoms with Crippen LogP contribution in [-0.2, 0) is 4.79 Å². The molecule has 1 N–H and O–H groups in total. The zero-order chi connectivity index (χ0) is 16.3. The summed E-state index contributed by atoms with van der Waals surface area (Å²) in [6.45, 7) is 11.0. The molecule has 0 bridgehead atoms. The molecule has 122 valence electrons. The molecule has 3 aliphatic rings. The summed E-state index contributed by atoms with van der Waals surface area (Å²) < 4.78 is 0. The minimum atomic E-state index is -0.330. The Morgan fingerprint density at radius 3 is 2.59 bits per heavy atom. The Morgan fingerprint density at radius 2 is 1.95 bits per heavy atom. The van der Waals surface area contributed by atoms with E-state index in [4.69, 9.17) is 0 Å². The third kappa shape index (κ3) is 2.14. The van der Waals surface area contributed by atoms with Crippen LogP contribution < -0.4 is 0 Å². The Bertz CT molecular complexity index is 556. The Morgan fingerprint density at radius 1 is 1.27 bits per heavy atom. The van der Waals surface area contributed by atoms with Gasteiger partial charge >= 0.3 is 0 Å². The molecule has 2 heteroatoms. The number of ketones is 1. The van der Waals surface area contributed by atoms with Gasteiger partial charge in [0.05, 0.1) is 6.10 Å². The molecule has 0 spiro atoms. The van der Waals surface area contributed by atoms with Crippen LogP contribution in [0, 0.1) is 28.6 Å². The highest BCUT2D eigenvalue weighted by Gasteiger charge is 2.58. The summed E-state index contributed by atoms with van der Waals surface area (Å²) in [6, 6.07) is 0. The Hall–Kier alpha value is -0.890. The normalized spacial score (nSPS) is 45.0. The van der Waals surface area contributed by atoms with Gasteiger partial charge in [0.2, 0.25) is 0 Å². The van der Waals surface area contributed by atoms with Crippen molar-refractivity contribution in [2.24, 2.45) is 28.6 Å². The summed E-state index contributed by atoms with van der Waals surface area (Å²) in [5.74, 6) is 1.67. The standard InChI is InChI=1S/C20H30O2/c1-12(2)14-10-17(22)20(5)9-8-19(4)11-16(21)13(3)6-7-15(19)18(14)20/h6,10,12,15,17-18,22H,7-9,11H2,1-5H3/t15-,17?,18?,19?,20?/m1/s1. The van der Waals surface area contributed by atoms with E-state index in [9.17, 15) is 9.90 Å². The van der Waals surface area contributed by atoms with Crippen molar-refractivity contribution in [3.05, 3.63) is 23.3 Å². The van der Waals surface area contributed by atoms with Crippen molar-refractivity contribution in [1.82, 2.24) is 0 Å². The lowest BCUT2D eigenvalue weighted by molar-refractivity contribution is -0.121. The monoisotopic (exact) mass is 302 g/mol. The smallest absolute Gasteiger partial charge is 0.158 e. The minimum absolute atomic E-state index is 0.0427. The molecule has 0 heterocycles. The topological polar surface area (TPSA) is 37.3 Å². The summed E-state index contributed by atoms with van der Waals surface area (Å²) in [4.78, 5) is 12.4. The van der Waals surface area contributed by atoms with Crippen LogP contribution in [0.2, 0.25) is 0 Å². The van der Waals surface area contributed by atoms with E-state index in [1.165, 1.54) is 5.57 Å². The van der Waals surface area contributed by atoms with Crippen LogP contribution in [0.15, 0.2) is 23.3 Å². The van der Waals surface area contributed by atoms with Gasteiger partial charge in [-0.3, -0.25) is 4.79 Å². The first kappa shape index (κ1) is 16.0. The molecule has 0 aliphatic heterocycles. The Labute approximate surface area is 134 Å². The highest BCUT2D eigenvalue weighted by atomic mass is 16.3. The SMILES string of the molecule is CC1=CC[C@@H]2C3C(C(C)C)=CC(O)C3(C)CCC2(C)CC1=O. The van der Waals surface area contributed by atoms with E-state index in [2.05, 4.69) is 39.8 Å². The van der Waals surface area contributed by atoms with Crippen LogP contribution >= 0.6 is 0 Å². The number of Topliss-reactive ketones (excluding diaryl/α,β-unsaturated/α-hetero) is 1. The number of hydrogen-bond acceptors (Lipinski definition) is 2. The van der Waals surface area contributed by atoms with Crippen LogP contribution in [0.4, 0.5) is 0 Å². The maximum atomic E-state index is 12.4. The number of aliphatic hydroxyl groups excluding tert-OH is 1. The van der Waals surface area contributed by atoms with E-state index < -0.39 is 0 Å². The van der Waals surface area contributed by atoms with E-state index in [0.29, 0.717) is 30.0 Å². The quantitative estimate of drug-likeness (QED) is 0.734. The van der Waals surface area contributed by atoms with Crippen LogP contribution in [0.1, 0.15) is 60.3 Å². The Kier molecular flexibility index (Phi) is 3.67. The van der Waals surface area contributed by atoms with E-state index >= 15 is 0 Å². The number of fused-ring (bicyclic) bond motifs is 3. The van der Waals surface area contributed by atoms with Gasteiger partial charge in [-0.25, -0.2) is 0 Å². The van der Waals surface area contributed by atoms with Gasteiger partial charge in [0.25, 0.3) is 0 Å². The first-order valence-electron chi connectivity index (χ1n) is 8.79. The molecular weight excluding hydrogens is 272 g/mol. The predicted molar refractivity (Wildman–Crippen MR) is 89.4 cm³/mol. The molecule has 22 heavy (non-hydrogen) atoms. The maximum Gasteiger partial charge on any atom is 0.158 e. The van der Waals surface area contributed by atoms with E-state index in [1.54, 1.807) is 0 Å². The van der Waals surface area contributed by atoms with Crippen molar-refractivity contribution in [2.75, 3.05) is 0 Å². The van der Waals surface area contributed by atoms with Gasteiger partial charge < -0.3 is 5.11 Å². The molecule has 1 saturated carbocycles. The predicted octanol–water partition coefficient (Wildman–Crippen LogP) is 4.29.